The number of nitrogens with two attached hydrogens (primary N) is 1. The average molecular weight is 233 g/mol. The molecule has 78 valence electrons. The normalized spacial score (nSPS) is 12.5. The second kappa shape index (κ2) is 5.34. The van der Waals surface area contributed by atoms with Crippen LogP contribution in [0.4, 0.5) is 0 Å². The second-order valence-corrected chi connectivity index (χ2v) is 4.74. The van der Waals surface area contributed by atoms with Crippen molar-refractivity contribution in [2.24, 2.45) is 5.73 Å². The number of carbonyl (C=O) groups excluding carboxylic acids is 1. The van der Waals surface area contributed by atoms with E-state index in [0.717, 1.165) is 9.21 Å². The van der Waals surface area contributed by atoms with Crippen LogP contribution in [0.5, 0.6) is 0 Å². The smallest absolute Gasteiger partial charge is 0.237 e. The predicted molar refractivity (Wildman–Crippen MR) is 59.4 cm³/mol. The molecule has 0 aliphatic carbocycles. The van der Waals surface area contributed by atoms with E-state index in [2.05, 4.69) is 5.32 Å². The molecule has 3 nitrogen and oxygen atoms in total. The molecule has 1 aromatic rings. The van der Waals surface area contributed by atoms with Crippen LogP contribution < -0.4 is 11.1 Å². The molecule has 1 aromatic heterocycles. The summed E-state index contributed by atoms with van der Waals surface area (Å²) in [7, 11) is 0. The number of rotatable bonds is 4. The van der Waals surface area contributed by atoms with Crippen LogP contribution in [0.2, 0.25) is 4.34 Å². The molecule has 0 aromatic carbocycles. The first-order chi connectivity index (χ1) is 6.63. The van der Waals surface area contributed by atoms with Gasteiger partial charge in [-0.2, -0.15) is 0 Å². The first kappa shape index (κ1) is 11.5. The van der Waals surface area contributed by atoms with Gasteiger partial charge in [-0.15, -0.1) is 11.3 Å². The fourth-order valence-electron chi connectivity index (χ4n) is 0.937. The highest BCUT2D eigenvalue weighted by atomic mass is 35.5. The van der Waals surface area contributed by atoms with Gasteiger partial charge in [-0.05, 0) is 18.6 Å². The van der Waals surface area contributed by atoms with Crippen LogP contribution in [0.15, 0.2) is 12.1 Å². The lowest BCUT2D eigenvalue weighted by Crippen LogP contribution is -2.39. The van der Waals surface area contributed by atoms with Crippen molar-refractivity contribution in [1.29, 1.82) is 0 Å². The van der Waals surface area contributed by atoms with Gasteiger partial charge >= 0.3 is 0 Å². The predicted octanol–water partition coefficient (Wildman–Crippen LogP) is 1.75. The van der Waals surface area contributed by atoms with Crippen LogP contribution in [0.1, 0.15) is 18.2 Å². The van der Waals surface area contributed by atoms with Gasteiger partial charge in [-0.1, -0.05) is 18.5 Å². The summed E-state index contributed by atoms with van der Waals surface area (Å²) >= 11 is 7.21. The summed E-state index contributed by atoms with van der Waals surface area (Å²) < 4.78 is 0.731. The van der Waals surface area contributed by atoms with E-state index in [-0.39, 0.29) is 5.91 Å². The Morgan fingerprint density at radius 3 is 2.93 bits per heavy atom. The minimum absolute atomic E-state index is 0.114. The van der Waals surface area contributed by atoms with E-state index in [4.69, 9.17) is 17.3 Å². The molecule has 0 spiro atoms. The van der Waals surface area contributed by atoms with Gasteiger partial charge in [0, 0.05) is 4.88 Å². The molecule has 3 N–H and O–H groups in total. The highest BCUT2D eigenvalue weighted by Crippen LogP contribution is 2.20. The van der Waals surface area contributed by atoms with Crippen LogP contribution in [-0.2, 0) is 11.3 Å². The zero-order chi connectivity index (χ0) is 10.6. The molecule has 0 aliphatic heterocycles. The van der Waals surface area contributed by atoms with Gasteiger partial charge in [0.1, 0.15) is 0 Å². The molecule has 1 rings (SSSR count). The van der Waals surface area contributed by atoms with E-state index in [1.165, 1.54) is 11.3 Å². The van der Waals surface area contributed by atoms with E-state index >= 15 is 0 Å². The molecule has 0 saturated heterocycles. The fraction of sp³-hybridized carbons (Fsp3) is 0.444. The summed E-state index contributed by atoms with van der Waals surface area (Å²) in [5, 5.41) is 2.75. The Morgan fingerprint density at radius 1 is 1.71 bits per heavy atom. The quantitative estimate of drug-likeness (QED) is 0.831. The van der Waals surface area contributed by atoms with Crippen molar-refractivity contribution < 1.29 is 4.79 Å². The van der Waals surface area contributed by atoms with E-state index in [1.54, 1.807) is 0 Å². The van der Waals surface area contributed by atoms with E-state index in [9.17, 15) is 4.79 Å². The molecule has 1 amide bonds. The molecule has 1 heterocycles. The number of hydrogen-bond acceptors (Lipinski definition) is 3. The third-order valence-electron chi connectivity index (χ3n) is 1.84. The Labute approximate surface area is 92.3 Å². The molecule has 14 heavy (non-hydrogen) atoms. The van der Waals surface area contributed by atoms with Crippen LogP contribution in [-0.4, -0.2) is 11.9 Å². The number of hydrogen-bond donors (Lipinski definition) is 2. The lowest BCUT2D eigenvalue weighted by atomic mass is 10.2. The largest absolute Gasteiger partial charge is 0.350 e. The lowest BCUT2D eigenvalue weighted by Gasteiger charge is -2.08. The number of halogens is 1. The molecule has 0 radical (unpaired) electrons. The van der Waals surface area contributed by atoms with Gasteiger partial charge < -0.3 is 11.1 Å². The summed E-state index contributed by atoms with van der Waals surface area (Å²) in [6, 6.07) is 3.29. The van der Waals surface area contributed by atoms with Crippen molar-refractivity contribution in [2.75, 3.05) is 0 Å². The van der Waals surface area contributed by atoms with Crippen molar-refractivity contribution in [1.82, 2.24) is 5.32 Å². The van der Waals surface area contributed by atoms with Crippen LogP contribution in [0.3, 0.4) is 0 Å². The first-order valence-electron chi connectivity index (χ1n) is 4.41. The monoisotopic (exact) mass is 232 g/mol. The summed E-state index contributed by atoms with van der Waals surface area (Å²) in [4.78, 5) is 12.3. The Kier molecular flexibility index (Phi) is 4.38. The Bertz CT molecular complexity index is 314. The standard InChI is InChI=1S/C9H13ClN2OS/c1-2-7(11)9(13)12-5-6-3-4-8(10)14-6/h3-4,7H,2,5,11H2,1H3,(H,12,13). The molecule has 0 aliphatic rings. The number of amides is 1. The van der Waals surface area contributed by atoms with Crippen LogP contribution in [0, 0.1) is 0 Å². The van der Waals surface area contributed by atoms with Gasteiger partial charge in [0.15, 0.2) is 0 Å². The zero-order valence-electron chi connectivity index (χ0n) is 7.92. The third kappa shape index (κ3) is 3.29. The molecule has 1 atom stereocenters. The molecule has 0 bridgehead atoms. The molecule has 0 fully saturated rings. The van der Waals surface area contributed by atoms with Gasteiger partial charge in [-0.3, -0.25) is 4.79 Å². The third-order valence-corrected chi connectivity index (χ3v) is 3.07. The van der Waals surface area contributed by atoms with Gasteiger partial charge in [0.05, 0.1) is 16.9 Å². The highest BCUT2D eigenvalue weighted by Gasteiger charge is 2.10. The van der Waals surface area contributed by atoms with Gasteiger partial charge in [-0.25, -0.2) is 0 Å². The zero-order valence-corrected chi connectivity index (χ0v) is 9.49. The Hall–Kier alpha value is -0.580. The van der Waals surface area contributed by atoms with Crippen LogP contribution in [0.25, 0.3) is 0 Å². The summed E-state index contributed by atoms with van der Waals surface area (Å²) in [5.74, 6) is -0.114. The first-order valence-corrected chi connectivity index (χ1v) is 5.60. The van der Waals surface area contributed by atoms with E-state index < -0.39 is 6.04 Å². The molecule has 0 saturated carbocycles. The highest BCUT2D eigenvalue weighted by molar-refractivity contribution is 7.16. The van der Waals surface area contributed by atoms with Gasteiger partial charge in [0.2, 0.25) is 5.91 Å². The Balaban J connectivity index is 2.37. The van der Waals surface area contributed by atoms with Crippen molar-refractivity contribution in [3.8, 4) is 0 Å². The second-order valence-electron chi connectivity index (χ2n) is 2.94. The maximum atomic E-state index is 11.3. The van der Waals surface area contributed by atoms with Crippen molar-refractivity contribution in [3.63, 3.8) is 0 Å². The maximum absolute atomic E-state index is 11.3. The fourth-order valence-corrected chi connectivity index (χ4v) is 1.96. The maximum Gasteiger partial charge on any atom is 0.237 e. The summed E-state index contributed by atoms with van der Waals surface area (Å²) in [5.41, 5.74) is 5.55. The van der Waals surface area contributed by atoms with Crippen molar-refractivity contribution in [3.05, 3.63) is 21.3 Å². The number of carbonyl (C=O) groups is 1. The SMILES string of the molecule is CCC(N)C(=O)NCc1ccc(Cl)s1. The molecule has 1 unspecified atom stereocenters. The van der Waals surface area contributed by atoms with E-state index in [1.807, 2.05) is 19.1 Å². The van der Waals surface area contributed by atoms with Gasteiger partial charge in [0.25, 0.3) is 0 Å². The number of nitrogens with one attached hydrogen (secondary N) is 1. The minimum Gasteiger partial charge on any atom is -0.350 e. The van der Waals surface area contributed by atoms with E-state index in [0.29, 0.717) is 13.0 Å². The van der Waals surface area contributed by atoms with Crippen molar-refractivity contribution in [2.45, 2.75) is 25.9 Å². The van der Waals surface area contributed by atoms with Crippen LogP contribution >= 0.6 is 22.9 Å². The lowest BCUT2D eigenvalue weighted by molar-refractivity contribution is -0.122. The molecule has 5 heteroatoms. The summed E-state index contributed by atoms with van der Waals surface area (Å²) in [6.45, 7) is 2.39. The molecular formula is C9H13ClN2OS. The molecular weight excluding hydrogens is 220 g/mol. The topological polar surface area (TPSA) is 55.1 Å². The van der Waals surface area contributed by atoms with Crippen molar-refractivity contribution >= 4 is 28.8 Å². The Morgan fingerprint density at radius 2 is 2.43 bits per heavy atom. The summed E-state index contributed by atoms with van der Waals surface area (Å²) in [6.07, 6.45) is 0.650. The average Bonchev–Trinajstić information content (AvgIpc) is 2.59. The number of thiophene rings is 1. The minimum atomic E-state index is -0.412.